The van der Waals surface area contributed by atoms with Crippen molar-refractivity contribution in [3.63, 3.8) is 0 Å². The Labute approximate surface area is 154 Å². The van der Waals surface area contributed by atoms with Crippen molar-refractivity contribution >= 4 is 38.8 Å². The molecule has 0 saturated heterocycles. The summed E-state index contributed by atoms with van der Waals surface area (Å²) in [5, 5.41) is 10.8. The Morgan fingerprint density at radius 3 is 1.81 bits per heavy atom. The minimum atomic E-state index is -3.93. The first-order valence-corrected chi connectivity index (χ1v) is 9.90. The van der Waals surface area contributed by atoms with Gasteiger partial charge in [-0.05, 0) is 36.4 Å². The largest absolute Gasteiger partial charge is 0.269 e. The number of sulfonamides is 1. The lowest BCUT2D eigenvalue weighted by molar-refractivity contribution is -0.384. The number of hydrogen-bond acceptors (Lipinski definition) is 5. The maximum Gasteiger partial charge on any atom is 0.269 e. The molecule has 4 rings (SSSR count). The van der Waals surface area contributed by atoms with Gasteiger partial charge in [0.2, 0.25) is 0 Å². The topological polar surface area (TPSA) is 80.5 Å². The second-order valence-electron chi connectivity index (χ2n) is 5.56. The molecule has 3 aromatic rings. The fourth-order valence-corrected chi connectivity index (χ4v) is 5.48. The Kier molecular flexibility index (Phi) is 3.93. The van der Waals surface area contributed by atoms with Crippen LogP contribution in [0.5, 0.6) is 0 Å². The van der Waals surface area contributed by atoms with Crippen LogP contribution in [0.4, 0.5) is 17.1 Å². The smallest absolute Gasteiger partial charge is 0.258 e. The van der Waals surface area contributed by atoms with Crippen molar-refractivity contribution in [2.75, 3.05) is 4.31 Å². The highest BCUT2D eigenvalue weighted by Crippen LogP contribution is 2.50. The monoisotopic (exact) mass is 384 g/mol. The van der Waals surface area contributed by atoms with Crippen molar-refractivity contribution in [1.29, 1.82) is 0 Å². The minimum Gasteiger partial charge on any atom is -0.258 e. The maximum absolute atomic E-state index is 13.3. The van der Waals surface area contributed by atoms with Gasteiger partial charge in [0.15, 0.2) is 0 Å². The Balaban J connectivity index is 1.90. The van der Waals surface area contributed by atoms with Crippen molar-refractivity contribution in [3.05, 3.63) is 82.9 Å². The Hall–Kier alpha value is -2.84. The molecule has 8 heteroatoms. The molecule has 3 aromatic carbocycles. The van der Waals surface area contributed by atoms with Gasteiger partial charge in [0.1, 0.15) is 0 Å². The fourth-order valence-electron chi connectivity index (χ4n) is 2.77. The normalized spacial score (nSPS) is 13.0. The number of benzene rings is 3. The molecule has 0 saturated carbocycles. The van der Waals surface area contributed by atoms with E-state index in [4.69, 9.17) is 0 Å². The molecule has 130 valence electrons. The molecule has 26 heavy (non-hydrogen) atoms. The molecule has 6 nitrogen and oxygen atoms in total. The summed E-state index contributed by atoms with van der Waals surface area (Å²) in [6, 6.07) is 19.4. The van der Waals surface area contributed by atoms with Crippen molar-refractivity contribution in [2.45, 2.75) is 14.7 Å². The molecular formula is C18H12N2O4S2. The summed E-state index contributed by atoms with van der Waals surface area (Å²) in [7, 11) is -3.93. The second-order valence-corrected chi connectivity index (χ2v) is 8.43. The van der Waals surface area contributed by atoms with E-state index in [2.05, 4.69) is 0 Å². The standard InChI is InChI=1S/C18H12N2O4S2/c21-20(22)13-9-11-14(12-10-13)26(23,24)19-15-5-1-3-7-17(15)25-18-8-4-2-6-16(18)19/h1-12H. The van der Waals surface area contributed by atoms with Gasteiger partial charge >= 0.3 is 0 Å². The molecule has 0 unspecified atom stereocenters. The van der Waals surface area contributed by atoms with Crippen molar-refractivity contribution < 1.29 is 13.3 Å². The van der Waals surface area contributed by atoms with Gasteiger partial charge in [0, 0.05) is 21.9 Å². The van der Waals surface area contributed by atoms with Crippen LogP contribution in [-0.4, -0.2) is 13.3 Å². The third-order valence-electron chi connectivity index (χ3n) is 3.97. The minimum absolute atomic E-state index is 0.000365. The van der Waals surface area contributed by atoms with Crippen LogP contribution in [0, 0.1) is 10.1 Å². The van der Waals surface area contributed by atoms with E-state index in [1.165, 1.54) is 40.3 Å². The van der Waals surface area contributed by atoms with E-state index < -0.39 is 14.9 Å². The Morgan fingerprint density at radius 2 is 1.31 bits per heavy atom. The lowest BCUT2D eigenvalue weighted by atomic mass is 10.2. The number of nitro groups is 1. The summed E-state index contributed by atoms with van der Waals surface area (Å²) in [6.07, 6.45) is 0. The summed E-state index contributed by atoms with van der Waals surface area (Å²) in [6.45, 7) is 0. The third-order valence-corrected chi connectivity index (χ3v) is 6.85. The van der Waals surface area contributed by atoms with Crippen LogP contribution in [0.3, 0.4) is 0 Å². The molecule has 1 heterocycles. The molecule has 0 atom stereocenters. The first-order chi connectivity index (χ1) is 12.5. The molecule has 0 N–H and O–H groups in total. The van der Waals surface area contributed by atoms with Crippen LogP contribution in [-0.2, 0) is 10.0 Å². The van der Waals surface area contributed by atoms with Crippen molar-refractivity contribution in [3.8, 4) is 0 Å². The zero-order valence-corrected chi connectivity index (χ0v) is 14.9. The van der Waals surface area contributed by atoms with Crippen LogP contribution in [0.2, 0.25) is 0 Å². The summed E-state index contributed by atoms with van der Waals surface area (Å²) in [4.78, 5) is 11.9. The highest BCUT2D eigenvalue weighted by Gasteiger charge is 2.33. The number of anilines is 2. The number of para-hydroxylation sites is 2. The highest BCUT2D eigenvalue weighted by molar-refractivity contribution is 8.00. The van der Waals surface area contributed by atoms with E-state index >= 15 is 0 Å². The second kappa shape index (κ2) is 6.15. The van der Waals surface area contributed by atoms with Gasteiger partial charge < -0.3 is 0 Å². The molecule has 1 aliphatic heterocycles. The van der Waals surface area contributed by atoms with E-state index in [1.807, 2.05) is 24.3 Å². The maximum atomic E-state index is 13.3. The Morgan fingerprint density at radius 1 is 0.808 bits per heavy atom. The third kappa shape index (κ3) is 2.63. The Bertz CT molecular complexity index is 1070. The van der Waals surface area contributed by atoms with Crippen LogP contribution >= 0.6 is 11.8 Å². The first-order valence-electron chi connectivity index (χ1n) is 7.64. The molecule has 0 radical (unpaired) electrons. The summed E-state index contributed by atoms with van der Waals surface area (Å²) in [5.41, 5.74) is 0.975. The summed E-state index contributed by atoms with van der Waals surface area (Å²) >= 11 is 1.51. The van der Waals surface area contributed by atoms with Gasteiger partial charge in [-0.1, -0.05) is 36.0 Å². The van der Waals surface area contributed by atoms with E-state index in [0.29, 0.717) is 11.4 Å². The lowest BCUT2D eigenvalue weighted by Crippen LogP contribution is -2.28. The van der Waals surface area contributed by atoms with E-state index in [-0.39, 0.29) is 10.6 Å². The lowest BCUT2D eigenvalue weighted by Gasteiger charge is -2.31. The molecule has 0 aliphatic carbocycles. The molecule has 0 fully saturated rings. The van der Waals surface area contributed by atoms with Gasteiger partial charge in [-0.25, -0.2) is 12.7 Å². The first kappa shape index (κ1) is 16.6. The average Bonchev–Trinajstić information content (AvgIpc) is 2.66. The number of nitro benzene ring substituents is 1. The molecule has 0 aromatic heterocycles. The molecule has 0 amide bonds. The van der Waals surface area contributed by atoms with Gasteiger partial charge in [-0.3, -0.25) is 10.1 Å². The van der Waals surface area contributed by atoms with E-state index in [9.17, 15) is 18.5 Å². The molecule has 0 bridgehead atoms. The predicted molar refractivity (Wildman–Crippen MR) is 99.4 cm³/mol. The number of fused-ring (bicyclic) bond motifs is 2. The number of nitrogens with zero attached hydrogens (tertiary/aromatic N) is 2. The number of non-ortho nitro benzene ring substituents is 1. The quantitative estimate of drug-likeness (QED) is 0.487. The van der Waals surface area contributed by atoms with E-state index in [0.717, 1.165) is 9.79 Å². The van der Waals surface area contributed by atoms with E-state index in [1.54, 1.807) is 24.3 Å². The van der Waals surface area contributed by atoms with Gasteiger partial charge in [0.05, 0.1) is 21.2 Å². The van der Waals surface area contributed by atoms with Crippen LogP contribution in [0.1, 0.15) is 0 Å². The van der Waals surface area contributed by atoms with Crippen LogP contribution in [0.15, 0.2) is 87.5 Å². The zero-order chi connectivity index (χ0) is 18.3. The zero-order valence-electron chi connectivity index (χ0n) is 13.3. The van der Waals surface area contributed by atoms with Crippen LogP contribution in [0.25, 0.3) is 0 Å². The summed E-state index contributed by atoms with van der Waals surface area (Å²) in [5.74, 6) is 0. The molecule has 0 spiro atoms. The van der Waals surface area contributed by atoms with Gasteiger partial charge in [-0.15, -0.1) is 0 Å². The fraction of sp³-hybridized carbons (Fsp3) is 0. The number of hydrogen-bond donors (Lipinski definition) is 0. The summed E-state index contributed by atoms with van der Waals surface area (Å²) < 4.78 is 28.0. The molecular weight excluding hydrogens is 372 g/mol. The average molecular weight is 384 g/mol. The number of rotatable bonds is 3. The van der Waals surface area contributed by atoms with Crippen LogP contribution < -0.4 is 4.31 Å². The van der Waals surface area contributed by atoms with Crippen molar-refractivity contribution in [2.24, 2.45) is 0 Å². The predicted octanol–water partition coefficient (Wildman–Crippen LogP) is 4.59. The highest BCUT2D eigenvalue weighted by atomic mass is 32.2. The van der Waals surface area contributed by atoms with Gasteiger partial charge in [0.25, 0.3) is 15.7 Å². The molecule has 1 aliphatic rings. The van der Waals surface area contributed by atoms with Gasteiger partial charge in [-0.2, -0.15) is 0 Å². The van der Waals surface area contributed by atoms with Crippen molar-refractivity contribution in [1.82, 2.24) is 0 Å². The SMILES string of the molecule is O=[N+]([O-])c1ccc(S(=O)(=O)N2c3ccccc3Sc3ccccc32)cc1.